The van der Waals surface area contributed by atoms with E-state index in [0.717, 1.165) is 38.6 Å². The van der Waals surface area contributed by atoms with Gasteiger partial charge in [-0.3, -0.25) is 19.5 Å². The lowest BCUT2D eigenvalue weighted by molar-refractivity contribution is -0.127. The fourth-order valence-corrected chi connectivity index (χ4v) is 5.53. The largest absolute Gasteiger partial charge is 0.352 e. The SMILES string of the molecule is CN(C)[C@]1(c2ccccc2)CC[C@@]2(CC1)CC(=O)N(CCCNC(=O)c1ccncc1)C2. The van der Waals surface area contributed by atoms with Crippen LogP contribution in [-0.4, -0.2) is 60.3 Å². The van der Waals surface area contributed by atoms with Crippen molar-refractivity contribution in [3.63, 3.8) is 0 Å². The Morgan fingerprint density at radius 1 is 1.06 bits per heavy atom. The Kier molecular flexibility index (Phi) is 6.60. The molecule has 1 spiro atoms. The molecule has 0 unspecified atom stereocenters. The minimum atomic E-state index is -0.0927. The summed E-state index contributed by atoms with van der Waals surface area (Å²) in [5, 5.41) is 2.94. The van der Waals surface area contributed by atoms with Crippen LogP contribution in [0.3, 0.4) is 0 Å². The van der Waals surface area contributed by atoms with Gasteiger partial charge in [0.1, 0.15) is 0 Å². The minimum Gasteiger partial charge on any atom is -0.352 e. The first-order valence-corrected chi connectivity index (χ1v) is 11.6. The Labute approximate surface area is 191 Å². The predicted octanol–water partition coefficient (Wildman–Crippen LogP) is 3.45. The zero-order valence-electron chi connectivity index (χ0n) is 19.2. The van der Waals surface area contributed by atoms with Crippen molar-refractivity contribution in [2.24, 2.45) is 5.41 Å². The number of rotatable bonds is 7. The summed E-state index contributed by atoms with van der Waals surface area (Å²) in [6.07, 6.45) is 8.95. The number of hydrogen-bond acceptors (Lipinski definition) is 4. The van der Waals surface area contributed by atoms with E-state index in [9.17, 15) is 9.59 Å². The fourth-order valence-electron chi connectivity index (χ4n) is 5.53. The van der Waals surface area contributed by atoms with Crippen molar-refractivity contribution in [1.82, 2.24) is 20.1 Å². The quantitative estimate of drug-likeness (QED) is 0.678. The topological polar surface area (TPSA) is 65.5 Å². The maximum atomic E-state index is 12.8. The van der Waals surface area contributed by atoms with Crippen LogP contribution in [0.5, 0.6) is 0 Å². The van der Waals surface area contributed by atoms with Crippen LogP contribution in [0, 0.1) is 5.41 Å². The van der Waals surface area contributed by atoms with E-state index in [1.807, 2.05) is 4.90 Å². The number of carbonyl (C=O) groups is 2. The van der Waals surface area contributed by atoms with Crippen molar-refractivity contribution in [3.05, 3.63) is 66.0 Å². The van der Waals surface area contributed by atoms with Gasteiger partial charge in [-0.15, -0.1) is 0 Å². The second-order valence-corrected chi connectivity index (χ2v) is 9.63. The monoisotopic (exact) mass is 434 g/mol. The summed E-state index contributed by atoms with van der Waals surface area (Å²) < 4.78 is 0. The van der Waals surface area contributed by atoms with Gasteiger partial charge in [0.25, 0.3) is 5.91 Å². The first-order chi connectivity index (χ1) is 15.4. The molecule has 1 saturated heterocycles. The number of carbonyl (C=O) groups excluding carboxylic acids is 2. The van der Waals surface area contributed by atoms with E-state index >= 15 is 0 Å². The van der Waals surface area contributed by atoms with E-state index in [1.165, 1.54) is 5.56 Å². The third-order valence-corrected chi connectivity index (χ3v) is 7.54. The third-order valence-electron chi connectivity index (χ3n) is 7.54. The zero-order chi connectivity index (χ0) is 22.6. The molecule has 1 aromatic carbocycles. The summed E-state index contributed by atoms with van der Waals surface area (Å²) in [5.41, 5.74) is 2.15. The molecule has 2 heterocycles. The van der Waals surface area contributed by atoms with Crippen LogP contribution in [0.15, 0.2) is 54.9 Å². The summed E-state index contributed by atoms with van der Waals surface area (Å²) in [7, 11) is 4.36. The fraction of sp³-hybridized carbons (Fsp3) is 0.500. The number of hydrogen-bond donors (Lipinski definition) is 1. The highest BCUT2D eigenvalue weighted by atomic mass is 16.2. The van der Waals surface area contributed by atoms with E-state index < -0.39 is 0 Å². The van der Waals surface area contributed by atoms with Crippen molar-refractivity contribution in [2.45, 2.75) is 44.1 Å². The normalized spacial score (nSPS) is 25.5. The van der Waals surface area contributed by atoms with E-state index in [0.29, 0.717) is 25.1 Å². The van der Waals surface area contributed by atoms with E-state index in [4.69, 9.17) is 0 Å². The molecule has 32 heavy (non-hydrogen) atoms. The average molecular weight is 435 g/mol. The molecular formula is C26H34N4O2. The van der Waals surface area contributed by atoms with Gasteiger partial charge < -0.3 is 10.2 Å². The molecule has 1 aromatic heterocycles. The molecule has 2 aromatic rings. The molecular weight excluding hydrogens is 400 g/mol. The van der Waals surface area contributed by atoms with Crippen molar-refractivity contribution in [2.75, 3.05) is 33.7 Å². The van der Waals surface area contributed by atoms with Crippen molar-refractivity contribution >= 4 is 11.8 Å². The van der Waals surface area contributed by atoms with Gasteiger partial charge in [0.15, 0.2) is 0 Å². The van der Waals surface area contributed by atoms with Crippen molar-refractivity contribution in [1.29, 1.82) is 0 Å². The van der Waals surface area contributed by atoms with E-state index in [2.05, 4.69) is 59.6 Å². The molecule has 6 heteroatoms. The number of likely N-dealkylation sites (tertiary alicyclic amines) is 1. The summed E-state index contributed by atoms with van der Waals surface area (Å²) in [6, 6.07) is 14.2. The van der Waals surface area contributed by atoms with Crippen molar-refractivity contribution in [3.8, 4) is 0 Å². The Morgan fingerprint density at radius 2 is 1.75 bits per heavy atom. The summed E-state index contributed by atoms with van der Waals surface area (Å²) in [4.78, 5) is 33.3. The Hall–Kier alpha value is -2.73. The molecule has 2 fully saturated rings. The lowest BCUT2D eigenvalue weighted by atomic mass is 9.64. The van der Waals surface area contributed by atoms with Gasteiger partial charge >= 0.3 is 0 Å². The van der Waals surface area contributed by atoms with Gasteiger partial charge in [-0.05, 0) is 69.3 Å². The Morgan fingerprint density at radius 3 is 2.41 bits per heavy atom. The molecule has 170 valence electrons. The van der Waals surface area contributed by atoms with Crippen LogP contribution < -0.4 is 5.32 Å². The second-order valence-electron chi connectivity index (χ2n) is 9.63. The third kappa shape index (κ3) is 4.56. The number of pyridine rings is 1. The molecule has 1 N–H and O–H groups in total. The molecule has 0 atom stereocenters. The number of aromatic nitrogens is 1. The van der Waals surface area contributed by atoms with Crippen molar-refractivity contribution < 1.29 is 9.59 Å². The number of benzene rings is 1. The summed E-state index contributed by atoms with van der Waals surface area (Å²) in [6.45, 7) is 2.12. The van der Waals surface area contributed by atoms with Gasteiger partial charge in [0.05, 0.1) is 0 Å². The van der Waals surface area contributed by atoms with Crippen LogP contribution in [0.25, 0.3) is 0 Å². The molecule has 4 rings (SSSR count). The standard InChI is InChI=1S/C26H34N4O2/c1-29(2)26(22-7-4-3-5-8-22)13-11-25(12-14-26)19-23(31)30(20-25)18-6-15-28-24(32)21-9-16-27-17-10-21/h3-5,7-10,16-17H,6,11-15,18-20H2,1-2H3,(H,28,32)/t25-,26-. The lowest BCUT2D eigenvalue weighted by Crippen LogP contribution is -2.47. The predicted molar refractivity (Wildman–Crippen MR) is 125 cm³/mol. The van der Waals surface area contributed by atoms with Crippen LogP contribution in [-0.2, 0) is 10.3 Å². The highest BCUT2D eigenvalue weighted by molar-refractivity contribution is 5.93. The molecule has 0 bridgehead atoms. The maximum absolute atomic E-state index is 12.8. The lowest BCUT2D eigenvalue weighted by Gasteiger charge is -2.48. The molecule has 1 saturated carbocycles. The Balaban J connectivity index is 1.29. The summed E-state index contributed by atoms with van der Waals surface area (Å²) in [5.74, 6) is 0.173. The smallest absolute Gasteiger partial charge is 0.251 e. The van der Waals surface area contributed by atoms with Crippen LogP contribution >= 0.6 is 0 Å². The molecule has 0 radical (unpaired) electrons. The molecule has 6 nitrogen and oxygen atoms in total. The van der Waals surface area contributed by atoms with Gasteiger partial charge in [0, 0.05) is 49.6 Å². The molecule has 2 aliphatic rings. The van der Waals surface area contributed by atoms with Gasteiger partial charge in [-0.1, -0.05) is 30.3 Å². The molecule has 1 aliphatic carbocycles. The van der Waals surface area contributed by atoms with Crippen LogP contribution in [0.4, 0.5) is 0 Å². The first-order valence-electron chi connectivity index (χ1n) is 11.6. The van der Waals surface area contributed by atoms with Crippen LogP contribution in [0.2, 0.25) is 0 Å². The van der Waals surface area contributed by atoms with E-state index in [1.54, 1.807) is 24.5 Å². The molecule has 2 amide bonds. The highest BCUT2D eigenvalue weighted by Gasteiger charge is 2.49. The first kappa shape index (κ1) is 22.5. The number of nitrogens with zero attached hydrogens (tertiary/aromatic N) is 3. The van der Waals surface area contributed by atoms with Gasteiger partial charge in [0.2, 0.25) is 5.91 Å². The van der Waals surface area contributed by atoms with Gasteiger partial charge in [-0.25, -0.2) is 0 Å². The highest BCUT2D eigenvalue weighted by Crippen LogP contribution is 2.52. The average Bonchev–Trinajstić information content (AvgIpc) is 3.13. The van der Waals surface area contributed by atoms with E-state index in [-0.39, 0.29) is 22.8 Å². The minimum absolute atomic E-state index is 0.0558. The van der Waals surface area contributed by atoms with Crippen LogP contribution in [0.1, 0.15) is 54.4 Å². The Bertz CT molecular complexity index is 921. The molecule has 1 aliphatic heterocycles. The van der Waals surface area contributed by atoms with Gasteiger partial charge in [-0.2, -0.15) is 0 Å². The number of nitrogens with one attached hydrogen (secondary N) is 1. The second kappa shape index (κ2) is 9.41. The summed E-state index contributed by atoms with van der Waals surface area (Å²) >= 11 is 0. The zero-order valence-corrected chi connectivity index (χ0v) is 19.2. The maximum Gasteiger partial charge on any atom is 0.251 e. The number of amides is 2.